The molecule has 0 aliphatic rings. The summed E-state index contributed by atoms with van der Waals surface area (Å²) in [4.78, 5) is 14.7. The van der Waals surface area contributed by atoms with Crippen molar-refractivity contribution in [1.82, 2.24) is 9.55 Å². The zero-order valence-corrected chi connectivity index (χ0v) is 10.0. The molecule has 2 aromatic rings. The Hall–Kier alpha value is -1.89. The van der Waals surface area contributed by atoms with Crippen molar-refractivity contribution in [2.24, 2.45) is 7.05 Å². The average Bonchev–Trinajstić information content (AvgIpc) is 2.55. The summed E-state index contributed by atoms with van der Waals surface area (Å²) in [5.74, 6) is -1.07. The van der Waals surface area contributed by atoms with Gasteiger partial charge in [-0.15, -0.1) is 0 Å². The van der Waals surface area contributed by atoms with Crippen molar-refractivity contribution in [2.75, 3.05) is 6.26 Å². The van der Waals surface area contributed by atoms with Gasteiger partial charge in [-0.2, -0.15) is 0 Å². The summed E-state index contributed by atoms with van der Waals surface area (Å²) in [7, 11) is -1.85. The van der Waals surface area contributed by atoms with Crippen molar-refractivity contribution >= 4 is 26.8 Å². The van der Waals surface area contributed by atoms with E-state index in [2.05, 4.69) is 4.98 Å². The second kappa shape index (κ2) is 3.56. The Labute approximate surface area is 97.4 Å². The Kier molecular flexibility index (Phi) is 2.43. The van der Waals surface area contributed by atoms with Gasteiger partial charge in [0.05, 0.1) is 16.6 Å². The molecule has 90 valence electrons. The van der Waals surface area contributed by atoms with Crippen molar-refractivity contribution in [2.45, 2.75) is 5.16 Å². The van der Waals surface area contributed by atoms with Crippen LogP contribution in [-0.4, -0.2) is 35.3 Å². The third kappa shape index (κ3) is 1.89. The number of fused-ring (bicyclic) bond motifs is 1. The minimum Gasteiger partial charge on any atom is -0.478 e. The Morgan fingerprint density at radius 1 is 1.41 bits per heavy atom. The van der Waals surface area contributed by atoms with Gasteiger partial charge in [-0.3, -0.25) is 0 Å². The molecule has 17 heavy (non-hydrogen) atoms. The molecule has 2 rings (SSSR count). The zero-order valence-electron chi connectivity index (χ0n) is 9.21. The van der Waals surface area contributed by atoms with E-state index in [1.807, 2.05) is 0 Å². The summed E-state index contributed by atoms with van der Waals surface area (Å²) in [5, 5.41) is 8.75. The number of aryl methyl sites for hydroxylation is 1. The third-order valence-electron chi connectivity index (χ3n) is 2.42. The van der Waals surface area contributed by atoms with Crippen LogP contribution in [0.15, 0.2) is 23.4 Å². The Bertz CT molecular complexity index is 715. The van der Waals surface area contributed by atoms with E-state index in [1.54, 1.807) is 13.1 Å². The van der Waals surface area contributed by atoms with Crippen LogP contribution in [0.2, 0.25) is 0 Å². The van der Waals surface area contributed by atoms with Crippen molar-refractivity contribution < 1.29 is 18.3 Å². The number of carbonyl (C=O) groups is 1. The number of aromatic carboxylic acids is 1. The number of hydrogen-bond donors (Lipinski definition) is 1. The van der Waals surface area contributed by atoms with E-state index in [-0.39, 0.29) is 10.7 Å². The largest absolute Gasteiger partial charge is 0.478 e. The molecule has 0 spiro atoms. The van der Waals surface area contributed by atoms with Crippen LogP contribution < -0.4 is 0 Å². The summed E-state index contributed by atoms with van der Waals surface area (Å²) in [6.07, 6.45) is 1.06. The fourth-order valence-electron chi connectivity index (χ4n) is 1.64. The number of carboxylic acids is 1. The number of hydrogen-bond acceptors (Lipinski definition) is 4. The normalized spacial score (nSPS) is 11.9. The van der Waals surface area contributed by atoms with Crippen LogP contribution in [-0.2, 0) is 16.9 Å². The molecule has 1 N–H and O–H groups in total. The van der Waals surface area contributed by atoms with Gasteiger partial charge in [0.15, 0.2) is 0 Å². The number of benzene rings is 1. The number of imidazole rings is 1. The predicted molar refractivity (Wildman–Crippen MR) is 60.8 cm³/mol. The molecule has 0 aliphatic heterocycles. The third-order valence-corrected chi connectivity index (χ3v) is 3.45. The maximum absolute atomic E-state index is 11.4. The van der Waals surface area contributed by atoms with Crippen molar-refractivity contribution in [3.05, 3.63) is 23.8 Å². The Morgan fingerprint density at radius 2 is 2.06 bits per heavy atom. The number of aromatic nitrogens is 2. The minimum absolute atomic E-state index is 0.0740. The smallest absolute Gasteiger partial charge is 0.335 e. The number of rotatable bonds is 2. The van der Waals surface area contributed by atoms with Gasteiger partial charge in [-0.05, 0) is 18.2 Å². The van der Waals surface area contributed by atoms with Gasteiger partial charge in [-0.1, -0.05) is 0 Å². The monoisotopic (exact) mass is 254 g/mol. The lowest BCUT2D eigenvalue weighted by Gasteiger charge is -1.98. The predicted octanol–water partition coefficient (Wildman–Crippen LogP) is 0.675. The van der Waals surface area contributed by atoms with Gasteiger partial charge in [0.2, 0.25) is 15.0 Å². The molecular formula is C10H10N2O4S. The molecule has 0 unspecified atom stereocenters. The summed E-state index contributed by atoms with van der Waals surface area (Å²) in [6, 6.07) is 4.31. The maximum Gasteiger partial charge on any atom is 0.335 e. The molecule has 0 bridgehead atoms. The van der Waals surface area contributed by atoms with E-state index in [1.165, 1.54) is 16.7 Å². The Balaban J connectivity index is 2.79. The minimum atomic E-state index is -3.42. The maximum atomic E-state index is 11.4. The van der Waals surface area contributed by atoms with Gasteiger partial charge < -0.3 is 9.67 Å². The first-order chi connectivity index (χ1) is 7.80. The highest BCUT2D eigenvalue weighted by Crippen LogP contribution is 2.19. The van der Waals surface area contributed by atoms with Gasteiger partial charge in [0.25, 0.3) is 0 Å². The van der Waals surface area contributed by atoms with Gasteiger partial charge >= 0.3 is 5.97 Å². The molecular weight excluding hydrogens is 244 g/mol. The molecule has 0 amide bonds. The van der Waals surface area contributed by atoms with E-state index in [0.717, 1.165) is 6.26 Å². The van der Waals surface area contributed by atoms with Crippen LogP contribution >= 0.6 is 0 Å². The SMILES string of the molecule is Cn1c(S(C)(=O)=O)nc2cc(C(=O)O)ccc21. The summed E-state index contributed by atoms with van der Waals surface area (Å²) < 4.78 is 24.3. The summed E-state index contributed by atoms with van der Waals surface area (Å²) in [6.45, 7) is 0. The molecule has 7 heteroatoms. The lowest BCUT2D eigenvalue weighted by molar-refractivity contribution is 0.0697. The first-order valence-corrected chi connectivity index (χ1v) is 6.59. The van der Waals surface area contributed by atoms with Crippen molar-refractivity contribution in [3.8, 4) is 0 Å². The second-order valence-electron chi connectivity index (χ2n) is 3.73. The second-order valence-corrected chi connectivity index (χ2v) is 5.64. The topological polar surface area (TPSA) is 89.3 Å². The number of carboxylic acid groups (broad SMARTS) is 1. The standard InChI is InChI=1S/C10H10N2O4S/c1-12-8-4-3-6(9(13)14)5-7(8)11-10(12)17(2,15)16/h3-5H,1-2H3,(H,13,14). The number of nitrogens with zero attached hydrogens (tertiary/aromatic N) is 2. The highest BCUT2D eigenvalue weighted by atomic mass is 32.2. The molecule has 0 fully saturated rings. The molecule has 1 aromatic heterocycles. The fourth-order valence-corrected chi connectivity index (χ4v) is 2.50. The average molecular weight is 254 g/mol. The van der Waals surface area contributed by atoms with E-state index < -0.39 is 15.8 Å². The van der Waals surface area contributed by atoms with E-state index in [9.17, 15) is 13.2 Å². The van der Waals surface area contributed by atoms with Crippen molar-refractivity contribution in [3.63, 3.8) is 0 Å². The van der Waals surface area contributed by atoms with Crippen LogP contribution in [0.4, 0.5) is 0 Å². The van der Waals surface area contributed by atoms with Gasteiger partial charge in [0.1, 0.15) is 0 Å². The number of sulfone groups is 1. The van der Waals surface area contributed by atoms with Crippen LogP contribution in [0.25, 0.3) is 11.0 Å². The van der Waals surface area contributed by atoms with Crippen LogP contribution in [0.1, 0.15) is 10.4 Å². The molecule has 0 atom stereocenters. The quantitative estimate of drug-likeness (QED) is 0.851. The molecule has 0 saturated carbocycles. The molecule has 1 heterocycles. The summed E-state index contributed by atoms with van der Waals surface area (Å²) in [5.41, 5.74) is 1.01. The van der Waals surface area contributed by atoms with E-state index in [4.69, 9.17) is 5.11 Å². The first-order valence-electron chi connectivity index (χ1n) is 4.70. The Morgan fingerprint density at radius 3 is 2.59 bits per heavy atom. The lowest BCUT2D eigenvalue weighted by Crippen LogP contribution is -2.05. The fraction of sp³-hybridized carbons (Fsp3) is 0.200. The molecule has 0 radical (unpaired) electrons. The van der Waals surface area contributed by atoms with E-state index >= 15 is 0 Å². The van der Waals surface area contributed by atoms with E-state index in [0.29, 0.717) is 11.0 Å². The molecule has 6 nitrogen and oxygen atoms in total. The lowest BCUT2D eigenvalue weighted by atomic mass is 10.2. The summed E-state index contributed by atoms with van der Waals surface area (Å²) >= 11 is 0. The zero-order chi connectivity index (χ0) is 12.8. The van der Waals surface area contributed by atoms with Crippen LogP contribution in [0.5, 0.6) is 0 Å². The van der Waals surface area contributed by atoms with Gasteiger partial charge in [-0.25, -0.2) is 18.2 Å². The molecule has 1 aromatic carbocycles. The van der Waals surface area contributed by atoms with Gasteiger partial charge in [0, 0.05) is 13.3 Å². The van der Waals surface area contributed by atoms with Crippen molar-refractivity contribution in [1.29, 1.82) is 0 Å². The first kappa shape index (κ1) is 11.6. The molecule has 0 aliphatic carbocycles. The molecule has 0 saturated heterocycles. The highest BCUT2D eigenvalue weighted by Gasteiger charge is 2.17. The van der Waals surface area contributed by atoms with Crippen LogP contribution in [0, 0.1) is 0 Å². The van der Waals surface area contributed by atoms with Crippen LogP contribution in [0.3, 0.4) is 0 Å². The highest BCUT2D eigenvalue weighted by molar-refractivity contribution is 7.90.